The number of pyridine rings is 1. The highest BCUT2D eigenvalue weighted by Crippen LogP contribution is 2.18. The maximum atomic E-state index is 12.2. The molecule has 106 valence electrons. The van der Waals surface area contributed by atoms with E-state index in [1.54, 1.807) is 18.5 Å². The summed E-state index contributed by atoms with van der Waals surface area (Å²) in [7, 11) is 0. The number of aromatic nitrogens is 1. The average molecular weight is 292 g/mol. The van der Waals surface area contributed by atoms with Crippen molar-refractivity contribution in [3.05, 3.63) is 30.1 Å². The van der Waals surface area contributed by atoms with Crippen molar-refractivity contribution in [1.82, 2.24) is 9.88 Å². The van der Waals surface area contributed by atoms with Gasteiger partial charge in [-0.05, 0) is 18.6 Å². The molecule has 0 fully saturated rings. The molecular weight excluding hydrogens is 277 g/mol. The Morgan fingerprint density at radius 1 is 1.47 bits per heavy atom. The fourth-order valence-corrected chi connectivity index (χ4v) is 2.29. The summed E-state index contributed by atoms with van der Waals surface area (Å²) >= 11 is 1.29. The zero-order valence-corrected chi connectivity index (χ0v) is 11.3. The van der Waals surface area contributed by atoms with Crippen LogP contribution in [0.25, 0.3) is 0 Å². The van der Waals surface area contributed by atoms with Crippen LogP contribution in [0.2, 0.25) is 0 Å². The fourth-order valence-electron chi connectivity index (χ4n) is 1.42. The van der Waals surface area contributed by atoms with Crippen molar-refractivity contribution in [3.63, 3.8) is 0 Å². The highest BCUT2D eigenvalue weighted by molar-refractivity contribution is 7.99. The molecule has 0 saturated heterocycles. The normalized spacial score (nSPS) is 11.4. The summed E-state index contributed by atoms with van der Waals surface area (Å²) in [6.07, 6.45) is -1.04. The van der Waals surface area contributed by atoms with Gasteiger partial charge in [0.25, 0.3) is 0 Å². The van der Waals surface area contributed by atoms with Gasteiger partial charge in [0.05, 0.1) is 5.75 Å². The second-order valence-corrected chi connectivity index (χ2v) is 4.86. The number of hydrogen-bond donors (Lipinski definition) is 0. The lowest BCUT2D eigenvalue weighted by molar-refractivity contribution is -0.159. The molecule has 0 saturated carbocycles. The number of carbonyl (C=O) groups excluding carboxylic acids is 1. The molecule has 1 rings (SSSR count). The van der Waals surface area contributed by atoms with E-state index in [1.807, 2.05) is 6.07 Å². The van der Waals surface area contributed by atoms with Crippen molar-refractivity contribution in [2.24, 2.45) is 0 Å². The number of nitrogens with zero attached hydrogens (tertiary/aromatic N) is 2. The molecule has 3 nitrogen and oxygen atoms in total. The lowest BCUT2D eigenvalue weighted by Gasteiger charge is -2.22. The molecule has 1 aromatic heterocycles. The number of alkyl halides is 3. The van der Waals surface area contributed by atoms with Gasteiger partial charge in [-0.25, -0.2) is 0 Å². The minimum absolute atomic E-state index is 0.0405. The van der Waals surface area contributed by atoms with Crippen molar-refractivity contribution >= 4 is 17.7 Å². The molecule has 1 aromatic rings. The predicted molar refractivity (Wildman–Crippen MR) is 68.7 cm³/mol. The second kappa shape index (κ2) is 7.37. The molecule has 0 spiro atoms. The van der Waals surface area contributed by atoms with Gasteiger partial charge in [-0.15, -0.1) is 11.8 Å². The highest BCUT2D eigenvalue weighted by Gasteiger charge is 2.32. The molecule has 0 radical (unpaired) electrons. The van der Waals surface area contributed by atoms with Crippen molar-refractivity contribution in [1.29, 1.82) is 0 Å². The van der Waals surface area contributed by atoms with Crippen LogP contribution in [-0.4, -0.2) is 40.8 Å². The van der Waals surface area contributed by atoms with E-state index in [1.165, 1.54) is 18.7 Å². The number of carbonyl (C=O) groups is 1. The minimum atomic E-state index is -4.35. The van der Waals surface area contributed by atoms with Crippen LogP contribution in [0.15, 0.2) is 24.5 Å². The van der Waals surface area contributed by atoms with Crippen molar-refractivity contribution in [2.45, 2.75) is 18.9 Å². The lowest BCUT2D eigenvalue weighted by atomic mass is 10.3. The van der Waals surface area contributed by atoms with Crippen molar-refractivity contribution in [2.75, 3.05) is 18.8 Å². The topological polar surface area (TPSA) is 33.2 Å². The Bertz CT molecular complexity index is 398. The first-order valence-electron chi connectivity index (χ1n) is 5.73. The molecule has 0 aliphatic carbocycles. The van der Waals surface area contributed by atoms with Gasteiger partial charge in [-0.3, -0.25) is 9.78 Å². The maximum Gasteiger partial charge on any atom is 0.406 e. The Morgan fingerprint density at radius 2 is 2.21 bits per heavy atom. The molecule has 7 heteroatoms. The van der Waals surface area contributed by atoms with E-state index >= 15 is 0 Å². The number of thioether (sulfide) groups is 1. The Balaban J connectivity index is 2.37. The summed E-state index contributed by atoms with van der Waals surface area (Å²) in [5, 5.41) is 0. The third-order valence-corrected chi connectivity index (χ3v) is 3.31. The van der Waals surface area contributed by atoms with Crippen LogP contribution in [0, 0.1) is 0 Å². The van der Waals surface area contributed by atoms with E-state index < -0.39 is 18.6 Å². The van der Waals surface area contributed by atoms with Crippen LogP contribution in [0.1, 0.15) is 12.5 Å². The van der Waals surface area contributed by atoms with E-state index in [0.29, 0.717) is 5.75 Å². The summed E-state index contributed by atoms with van der Waals surface area (Å²) in [6.45, 7) is 0.414. The molecule has 1 amide bonds. The van der Waals surface area contributed by atoms with E-state index in [2.05, 4.69) is 4.98 Å². The third-order valence-electron chi connectivity index (χ3n) is 2.32. The number of amides is 1. The second-order valence-electron chi connectivity index (χ2n) is 3.88. The molecule has 19 heavy (non-hydrogen) atoms. The van der Waals surface area contributed by atoms with Gasteiger partial charge < -0.3 is 4.90 Å². The van der Waals surface area contributed by atoms with Crippen LogP contribution in [0.4, 0.5) is 13.2 Å². The Hall–Kier alpha value is -1.24. The monoisotopic (exact) mass is 292 g/mol. The van der Waals surface area contributed by atoms with Crippen molar-refractivity contribution in [3.8, 4) is 0 Å². The van der Waals surface area contributed by atoms with Gasteiger partial charge in [-0.1, -0.05) is 6.07 Å². The lowest BCUT2D eigenvalue weighted by Crippen LogP contribution is -2.39. The van der Waals surface area contributed by atoms with Crippen LogP contribution < -0.4 is 0 Å². The SMILES string of the molecule is CCN(CC(F)(F)F)C(=O)CSCc1cccnc1. The molecule has 0 bridgehead atoms. The van der Waals surface area contributed by atoms with Gasteiger partial charge in [0.2, 0.25) is 5.91 Å². The first-order valence-corrected chi connectivity index (χ1v) is 6.89. The number of halogens is 3. The fraction of sp³-hybridized carbons (Fsp3) is 0.500. The first kappa shape index (κ1) is 15.8. The van der Waals surface area contributed by atoms with E-state index in [0.717, 1.165) is 10.5 Å². The Labute approximate surface area is 114 Å². The zero-order chi connectivity index (χ0) is 14.3. The smallest absolute Gasteiger partial charge is 0.333 e. The van der Waals surface area contributed by atoms with Gasteiger partial charge in [0.1, 0.15) is 6.54 Å². The molecule has 1 heterocycles. The van der Waals surface area contributed by atoms with Gasteiger partial charge >= 0.3 is 6.18 Å². The first-order chi connectivity index (χ1) is 8.92. The van der Waals surface area contributed by atoms with Gasteiger partial charge in [-0.2, -0.15) is 13.2 Å². The summed E-state index contributed by atoms with van der Waals surface area (Å²) in [4.78, 5) is 16.4. The third kappa shape index (κ3) is 6.47. The van der Waals surface area contributed by atoms with Crippen LogP contribution in [0.5, 0.6) is 0 Å². The van der Waals surface area contributed by atoms with Crippen LogP contribution >= 0.6 is 11.8 Å². The molecule has 0 atom stereocenters. The van der Waals surface area contributed by atoms with Gasteiger partial charge in [0, 0.05) is 24.7 Å². The Morgan fingerprint density at radius 3 is 2.74 bits per heavy atom. The standard InChI is InChI=1S/C12H15F3N2OS/c1-2-17(9-12(13,14)15)11(18)8-19-7-10-4-3-5-16-6-10/h3-6H,2,7-9H2,1H3. The molecule has 0 aliphatic rings. The van der Waals surface area contributed by atoms with Gasteiger partial charge in [0.15, 0.2) is 0 Å². The average Bonchev–Trinajstić information content (AvgIpc) is 2.36. The molecule has 0 aromatic carbocycles. The van der Waals surface area contributed by atoms with Crippen LogP contribution in [-0.2, 0) is 10.5 Å². The van der Waals surface area contributed by atoms with E-state index in [9.17, 15) is 18.0 Å². The predicted octanol–water partition coefficient (Wildman–Crippen LogP) is 2.73. The highest BCUT2D eigenvalue weighted by atomic mass is 32.2. The molecule has 0 unspecified atom stereocenters. The summed E-state index contributed by atoms with van der Waals surface area (Å²) in [5.41, 5.74) is 0.944. The largest absolute Gasteiger partial charge is 0.406 e. The summed E-state index contributed by atoms with van der Waals surface area (Å²) in [5.74, 6) is 0.107. The summed E-state index contributed by atoms with van der Waals surface area (Å²) < 4.78 is 36.7. The molecule has 0 N–H and O–H groups in total. The van der Waals surface area contributed by atoms with Crippen LogP contribution in [0.3, 0.4) is 0 Å². The van der Waals surface area contributed by atoms with E-state index in [4.69, 9.17) is 0 Å². The molecular formula is C12H15F3N2OS. The van der Waals surface area contributed by atoms with Crippen molar-refractivity contribution < 1.29 is 18.0 Å². The zero-order valence-electron chi connectivity index (χ0n) is 10.5. The minimum Gasteiger partial charge on any atom is -0.333 e. The Kier molecular flexibility index (Phi) is 6.14. The van der Waals surface area contributed by atoms with E-state index in [-0.39, 0.29) is 12.3 Å². The molecule has 0 aliphatic heterocycles. The quantitative estimate of drug-likeness (QED) is 0.808. The maximum absolute atomic E-state index is 12.2. The number of rotatable bonds is 6. The summed E-state index contributed by atoms with van der Waals surface area (Å²) in [6, 6.07) is 3.64. The number of hydrogen-bond acceptors (Lipinski definition) is 3.